The van der Waals surface area contributed by atoms with Crippen molar-refractivity contribution in [2.75, 3.05) is 0 Å². The normalized spacial score (nSPS) is 16.6. The molecule has 104 valence electrons. The maximum absolute atomic E-state index is 12.3. The molecule has 0 aliphatic heterocycles. The fourth-order valence-electron chi connectivity index (χ4n) is 2.55. The van der Waals surface area contributed by atoms with Crippen LogP contribution < -0.4 is 5.32 Å². The minimum absolute atomic E-state index is 0.0124. The molecular formula is C14H14N2O3S. The number of aliphatic carboxylic acids is 1. The van der Waals surface area contributed by atoms with Gasteiger partial charge in [-0.3, -0.25) is 9.59 Å². The fourth-order valence-corrected chi connectivity index (χ4v) is 3.26. The van der Waals surface area contributed by atoms with E-state index in [4.69, 9.17) is 5.11 Å². The van der Waals surface area contributed by atoms with E-state index >= 15 is 0 Å². The van der Waals surface area contributed by atoms with Crippen molar-refractivity contribution >= 4 is 33.4 Å². The molecule has 2 N–H and O–H groups in total. The predicted molar refractivity (Wildman–Crippen MR) is 75.9 cm³/mol. The van der Waals surface area contributed by atoms with Gasteiger partial charge in [0.1, 0.15) is 0 Å². The van der Waals surface area contributed by atoms with E-state index < -0.39 is 11.5 Å². The van der Waals surface area contributed by atoms with E-state index in [0.717, 1.165) is 29.5 Å². The summed E-state index contributed by atoms with van der Waals surface area (Å²) in [6.07, 6.45) is 2.41. The zero-order valence-corrected chi connectivity index (χ0v) is 11.6. The first-order valence-corrected chi connectivity index (χ1v) is 7.34. The second-order valence-electron chi connectivity index (χ2n) is 5.19. The summed E-state index contributed by atoms with van der Waals surface area (Å²) in [5, 5.41) is 11.9. The molecule has 1 aromatic heterocycles. The molecule has 0 atom stereocenters. The highest BCUT2D eigenvalue weighted by atomic mass is 32.1. The van der Waals surface area contributed by atoms with Crippen LogP contribution in [0.1, 0.15) is 36.0 Å². The lowest BCUT2D eigenvalue weighted by atomic mass is 9.74. The van der Waals surface area contributed by atoms with Gasteiger partial charge in [-0.05, 0) is 37.5 Å². The summed E-state index contributed by atoms with van der Waals surface area (Å²) in [6, 6.07) is 5.34. The number of carbonyl (C=O) groups is 2. The number of carboxylic acid groups (broad SMARTS) is 1. The maximum Gasteiger partial charge on any atom is 0.305 e. The van der Waals surface area contributed by atoms with E-state index in [0.29, 0.717) is 5.56 Å². The largest absolute Gasteiger partial charge is 0.481 e. The van der Waals surface area contributed by atoms with Crippen LogP contribution in [0.3, 0.4) is 0 Å². The SMILES string of the molecule is O=C(O)CC1(NC(=O)c2ccc3ncsc3c2)CCC1. The molecule has 0 spiro atoms. The second-order valence-corrected chi connectivity index (χ2v) is 6.08. The Morgan fingerprint density at radius 1 is 1.40 bits per heavy atom. The fraction of sp³-hybridized carbons (Fsp3) is 0.357. The second kappa shape index (κ2) is 4.86. The van der Waals surface area contributed by atoms with Gasteiger partial charge in [-0.1, -0.05) is 0 Å². The van der Waals surface area contributed by atoms with E-state index in [1.807, 2.05) is 6.07 Å². The Morgan fingerprint density at radius 2 is 2.20 bits per heavy atom. The average Bonchev–Trinajstić information content (AvgIpc) is 2.82. The number of hydrogen-bond acceptors (Lipinski definition) is 4. The number of benzene rings is 1. The monoisotopic (exact) mass is 290 g/mol. The minimum Gasteiger partial charge on any atom is -0.481 e. The first-order chi connectivity index (χ1) is 9.58. The van der Waals surface area contributed by atoms with E-state index in [2.05, 4.69) is 10.3 Å². The van der Waals surface area contributed by atoms with Gasteiger partial charge < -0.3 is 10.4 Å². The molecule has 6 heteroatoms. The summed E-state index contributed by atoms with van der Waals surface area (Å²) >= 11 is 1.48. The molecule has 1 saturated carbocycles. The summed E-state index contributed by atoms with van der Waals surface area (Å²) < 4.78 is 0.957. The Hall–Kier alpha value is -1.95. The molecule has 3 rings (SSSR count). The van der Waals surface area contributed by atoms with Gasteiger partial charge in [0.15, 0.2) is 0 Å². The molecule has 20 heavy (non-hydrogen) atoms. The molecule has 0 radical (unpaired) electrons. The van der Waals surface area contributed by atoms with Crippen molar-refractivity contribution in [3.63, 3.8) is 0 Å². The number of carbonyl (C=O) groups excluding carboxylic acids is 1. The van der Waals surface area contributed by atoms with Gasteiger partial charge in [0, 0.05) is 5.56 Å². The van der Waals surface area contributed by atoms with Crippen molar-refractivity contribution in [1.29, 1.82) is 0 Å². The zero-order chi connectivity index (χ0) is 14.2. The van der Waals surface area contributed by atoms with Gasteiger partial charge >= 0.3 is 5.97 Å². The van der Waals surface area contributed by atoms with Gasteiger partial charge in [-0.2, -0.15) is 0 Å². The van der Waals surface area contributed by atoms with Crippen LogP contribution >= 0.6 is 11.3 Å². The highest BCUT2D eigenvalue weighted by Gasteiger charge is 2.40. The molecule has 0 unspecified atom stereocenters. The van der Waals surface area contributed by atoms with Crippen LogP contribution in [-0.2, 0) is 4.79 Å². The molecule has 1 aromatic carbocycles. The Morgan fingerprint density at radius 3 is 2.85 bits per heavy atom. The Bertz CT molecular complexity index is 676. The van der Waals surface area contributed by atoms with E-state index in [9.17, 15) is 9.59 Å². The number of aromatic nitrogens is 1. The minimum atomic E-state index is -0.872. The van der Waals surface area contributed by atoms with Crippen LogP contribution in [0.4, 0.5) is 0 Å². The number of hydrogen-bond donors (Lipinski definition) is 2. The van der Waals surface area contributed by atoms with Crippen molar-refractivity contribution in [3.8, 4) is 0 Å². The van der Waals surface area contributed by atoms with Crippen LogP contribution in [0.5, 0.6) is 0 Å². The number of fused-ring (bicyclic) bond motifs is 1. The lowest BCUT2D eigenvalue weighted by Gasteiger charge is -2.41. The number of thiazole rings is 1. The molecule has 1 fully saturated rings. The first kappa shape index (κ1) is 13.1. The van der Waals surface area contributed by atoms with Crippen molar-refractivity contribution in [2.45, 2.75) is 31.2 Å². The molecule has 2 aromatic rings. The Kier molecular flexibility index (Phi) is 3.17. The lowest BCUT2D eigenvalue weighted by Crippen LogP contribution is -2.54. The molecule has 1 heterocycles. The van der Waals surface area contributed by atoms with Crippen molar-refractivity contribution in [3.05, 3.63) is 29.3 Å². The molecular weight excluding hydrogens is 276 g/mol. The van der Waals surface area contributed by atoms with E-state index in [1.165, 1.54) is 11.3 Å². The van der Waals surface area contributed by atoms with Crippen LogP contribution in [-0.4, -0.2) is 27.5 Å². The quantitative estimate of drug-likeness (QED) is 0.906. The van der Waals surface area contributed by atoms with E-state index in [1.54, 1.807) is 17.6 Å². The summed E-state index contributed by atoms with van der Waals surface area (Å²) in [5.74, 6) is -1.08. The topological polar surface area (TPSA) is 79.3 Å². The summed E-state index contributed by atoms with van der Waals surface area (Å²) in [6.45, 7) is 0. The molecule has 1 aliphatic carbocycles. The van der Waals surface area contributed by atoms with Crippen LogP contribution in [0.25, 0.3) is 10.2 Å². The highest BCUT2D eigenvalue weighted by molar-refractivity contribution is 7.16. The summed E-state index contributed by atoms with van der Waals surface area (Å²) in [4.78, 5) is 27.4. The van der Waals surface area contributed by atoms with Gasteiger partial charge in [-0.15, -0.1) is 11.3 Å². The third-order valence-corrected chi connectivity index (χ3v) is 4.56. The molecule has 0 saturated heterocycles. The summed E-state index contributed by atoms with van der Waals surface area (Å²) in [5.41, 5.74) is 2.60. The number of amides is 1. The van der Waals surface area contributed by atoms with Crippen molar-refractivity contribution in [2.24, 2.45) is 0 Å². The lowest BCUT2D eigenvalue weighted by molar-refractivity contribution is -0.139. The molecule has 0 bridgehead atoms. The van der Waals surface area contributed by atoms with Gasteiger partial charge in [-0.25, -0.2) is 4.98 Å². The third-order valence-electron chi connectivity index (χ3n) is 3.77. The highest BCUT2D eigenvalue weighted by Crippen LogP contribution is 2.35. The van der Waals surface area contributed by atoms with Crippen LogP contribution in [0.15, 0.2) is 23.7 Å². The van der Waals surface area contributed by atoms with Crippen LogP contribution in [0, 0.1) is 0 Å². The van der Waals surface area contributed by atoms with Crippen molar-refractivity contribution in [1.82, 2.24) is 10.3 Å². The number of nitrogens with one attached hydrogen (secondary N) is 1. The average molecular weight is 290 g/mol. The number of carboxylic acids is 1. The molecule has 1 amide bonds. The molecule has 1 aliphatic rings. The molecule has 5 nitrogen and oxygen atoms in total. The van der Waals surface area contributed by atoms with Crippen LogP contribution in [0.2, 0.25) is 0 Å². The smallest absolute Gasteiger partial charge is 0.305 e. The Labute approximate surface area is 119 Å². The van der Waals surface area contributed by atoms with Gasteiger partial charge in [0.05, 0.1) is 27.7 Å². The van der Waals surface area contributed by atoms with Crippen molar-refractivity contribution < 1.29 is 14.7 Å². The summed E-state index contributed by atoms with van der Waals surface area (Å²) in [7, 11) is 0. The Balaban J connectivity index is 1.79. The maximum atomic E-state index is 12.3. The number of nitrogens with zero attached hydrogens (tertiary/aromatic N) is 1. The standard InChI is InChI=1S/C14H14N2O3S/c17-12(18)7-14(4-1-5-14)16-13(19)9-2-3-10-11(6-9)20-8-15-10/h2-3,6,8H,1,4-5,7H2,(H,16,19)(H,17,18). The van der Waals surface area contributed by atoms with Gasteiger partial charge in [0.2, 0.25) is 0 Å². The predicted octanol–water partition coefficient (Wildman–Crippen LogP) is 2.42. The van der Waals surface area contributed by atoms with E-state index in [-0.39, 0.29) is 12.3 Å². The van der Waals surface area contributed by atoms with Gasteiger partial charge in [0.25, 0.3) is 5.91 Å². The third kappa shape index (κ3) is 2.38. The first-order valence-electron chi connectivity index (χ1n) is 6.46. The number of rotatable bonds is 4. The zero-order valence-electron chi connectivity index (χ0n) is 10.8.